The molecule has 2 aliphatic carbocycles. The Kier molecular flexibility index (Phi) is 10.0. The van der Waals surface area contributed by atoms with Gasteiger partial charge in [-0.2, -0.15) is 13.2 Å². The predicted molar refractivity (Wildman–Crippen MR) is 198 cm³/mol. The molecule has 0 spiro atoms. The molecule has 3 aliphatic rings. The number of imidazole rings is 1. The van der Waals surface area contributed by atoms with Gasteiger partial charge in [0.2, 0.25) is 0 Å². The zero-order valence-electron chi connectivity index (χ0n) is 31.5. The Balaban J connectivity index is 1.02. The highest BCUT2D eigenvalue weighted by atomic mass is 28.3. The maximum atomic E-state index is 13.6. The summed E-state index contributed by atoms with van der Waals surface area (Å²) >= 11 is 0. The maximum absolute atomic E-state index is 13.6. The molecule has 0 amide bonds. The largest absolute Gasteiger partial charge is 0.416 e. The number of nitrogen functional groups attached to an aromatic ring is 1. The molecule has 0 bridgehead atoms. The van der Waals surface area contributed by atoms with E-state index in [9.17, 15) is 13.2 Å². The number of rotatable bonds is 13. The van der Waals surface area contributed by atoms with Crippen LogP contribution in [-0.4, -0.2) is 80.8 Å². The third-order valence-corrected chi connectivity index (χ3v) is 13.0. The summed E-state index contributed by atoms with van der Waals surface area (Å²) in [5.74, 6) is 1.84. The van der Waals surface area contributed by atoms with Crippen molar-refractivity contribution in [3.8, 4) is 0 Å². The van der Waals surface area contributed by atoms with Gasteiger partial charge in [-0.05, 0) is 89.1 Å². The summed E-state index contributed by atoms with van der Waals surface area (Å²) in [5.41, 5.74) is 7.38. The van der Waals surface area contributed by atoms with E-state index in [0.29, 0.717) is 48.1 Å². The van der Waals surface area contributed by atoms with Gasteiger partial charge in [0.15, 0.2) is 5.79 Å². The molecule has 3 fully saturated rings. The second kappa shape index (κ2) is 14.0. The number of halogens is 3. The van der Waals surface area contributed by atoms with Crippen molar-refractivity contribution in [3.05, 3.63) is 48.2 Å². The molecule has 4 atom stereocenters. The van der Waals surface area contributed by atoms with Crippen molar-refractivity contribution >= 4 is 36.0 Å². The van der Waals surface area contributed by atoms with Crippen LogP contribution in [-0.2, 0) is 33.5 Å². The highest BCUT2D eigenvalue weighted by molar-refractivity contribution is 6.76. The van der Waals surface area contributed by atoms with Crippen LogP contribution in [0.1, 0.15) is 64.4 Å². The minimum atomic E-state index is -4.41. The van der Waals surface area contributed by atoms with Gasteiger partial charge in [0, 0.05) is 52.3 Å². The first-order chi connectivity index (χ1) is 24.5. The van der Waals surface area contributed by atoms with Gasteiger partial charge in [-0.1, -0.05) is 19.6 Å². The minimum absolute atomic E-state index is 0.0363. The first kappa shape index (κ1) is 37.3. The molecule has 2 saturated carbocycles. The molecule has 2 N–H and O–H groups in total. The van der Waals surface area contributed by atoms with E-state index in [-0.39, 0.29) is 24.2 Å². The molecule has 0 radical (unpaired) electrons. The van der Waals surface area contributed by atoms with Crippen LogP contribution in [0, 0.1) is 17.8 Å². The van der Waals surface area contributed by atoms with E-state index >= 15 is 0 Å². The first-order valence-electron chi connectivity index (χ1n) is 18.8. The third kappa shape index (κ3) is 7.77. The standard InChI is InChI=1S/C38H54F3N7O3Si/c1-23(2)46(20-26-17-31(34-33(26)50-37(3,4)51-34)47-11-10-28-35(42)43-21-44-36(28)47)19-25-14-24(15-25)16-32-45-29-18-27(38(39,40)41)8-9-30(29)48(32)22-49-12-13-52(5,6)7/h8-11,18,21,23-26,31,33-34H,12-17,19-20,22H2,1-7H3,(H2,42,43,44)/t24?,25?,26-,31-,33-,34?/m1/s1. The van der Waals surface area contributed by atoms with Gasteiger partial charge >= 0.3 is 6.18 Å². The SMILES string of the molecule is CC(C)N(CC1CC(Cc2nc3cc(C(F)(F)F)ccc3n2COCC[Si](C)(C)C)C1)C[C@H]1C[C@@H](n2ccc3c(N)ncnc32)C2OC(C)(C)O[C@@H]21. The fraction of sp³-hybridized carbons (Fsp3) is 0.658. The summed E-state index contributed by atoms with van der Waals surface area (Å²) in [6.45, 7) is 18.2. The Morgan fingerprint density at radius 3 is 2.50 bits per heavy atom. The second-order valence-electron chi connectivity index (χ2n) is 17.3. The van der Waals surface area contributed by atoms with E-state index in [1.807, 2.05) is 30.7 Å². The molecule has 3 aromatic heterocycles. The van der Waals surface area contributed by atoms with Crippen LogP contribution in [0.25, 0.3) is 22.1 Å². The molecule has 1 aromatic carbocycles. The van der Waals surface area contributed by atoms with E-state index < -0.39 is 25.6 Å². The smallest absolute Gasteiger partial charge is 0.383 e. The van der Waals surface area contributed by atoms with Crippen LogP contribution in [0.5, 0.6) is 0 Å². The molecule has 4 aromatic rings. The number of benzene rings is 1. The number of fused-ring (bicyclic) bond motifs is 3. The molecule has 1 unspecified atom stereocenters. The van der Waals surface area contributed by atoms with Crippen molar-refractivity contribution in [3.63, 3.8) is 0 Å². The van der Waals surface area contributed by atoms with Crippen molar-refractivity contribution < 1.29 is 27.4 Å². The number of alkyl halides is 3. The molecule has 284 valence electrons. The monoisotopic (exact) mass is 741 g/mol. The molecule has 14 heteroatoms. The van der Waals surface area contributed by atoms with Crippen LogP contribution >= 0.6 is 0 Å². The van der Waals surface area contributed by atoms with Gasteiger partial charge in [0.25, 0.3) is 0 Å². The molecule has 1 saturated heterocycles. The van der Waals surface area contributed by atoms with Crippen molar-refractivity contribution in [2.75, 3.05) is 25.4 Å². The van der Waals surface area contributed by atoms with E-state index in [1.54, 1.807) is 6.07 Å². The number of aromatic nitrogens is 5. The predicted octanol–water partition coefficient (Wildman–Crippen LogP) is 7.75. The number of hydrogen-bond acceptors (Lipinski definition) is 8. The second-order valence-corrected chi connectivity index (χ2v) is 22.9. The highest BCUT2D eigenvalue weighted by Crippen LogP contribution is 2.48. The summed E-state index contributed by atoms with van der Waals surface area (Å²) in [7, 11) is -1.28. The van der Waals surface area contributed by atoms with Gasteiger partial charge in [-0.3, -0.25) is 0 Å². The van der Waals surface area contributed by atoms with Crippen LogP contribution in [0.3, 0.4) is 0 Å². The summed E-state index contributed by atoms with van der Waals surface area (Å²) in [6.07, 6.45) is 2.75. The van der Waals surface area contributed by atoms with Gasteiger partial charge in [-0.25, -0.2) is 15.0 Å². The molecule has 7 rings (SSSR count). The van der Waals surface area contributed by atoms with Crippen LogP contribution in [0.4, 0.5) is 19.0 Å². The zero-order chi connectivity index (χ0) is 37.2. The first-order valence-corrected chi connectivity index (χ1v) is 22.5. The fourth-order valence-corrected chi connectivity index (χ4v) is 9.29. The number of hydrogen-bond donors (Lipinski definition) is 1. The van der Waals surface area contributed by atoms with Crippen molar-refractivity contribution in [1.29, 1.82) is 0 Å². The van der Waals surface area contributed by atoms with Gasteiger partial charge in [-0.15, -0.1) is 0 Å². The summed E-state index contributed by atoms with van der Waals surface area (Å²) in [4.78, 5) is 16.1. The highest BCUT2D eigenvalue weighted by Gasteiger charge is 2.55. The summed E-state index contributed by atoms with van der Waals surface area (Å²) in [6, 6.07) is 7.29. The number of ether oxygens (including phenoxy) is 3. The van der Waals surface area contributed by atoms with E-state index in [1.165, 1.54) is 12.4 Å². The number of nitrogens with two attached hydrogens (primary N) is 1. The van der Waals surface area contributed by atoms with Crippen LogP contribution in [0.15, 0.2) is 36.8 Å². The lowest BCUT2D eigenvalue weighted by Gasteiger charge is -2.41. The zero-order valence-corrected chi connectivity index (χ0v) is 32.5. The molecule has 4 heterocycles. The Morgan fingerprint density at radius 1 is 1.04 bits per heavy atom. The van der Waals surface area contributed by atoms with E-state index in [2.05, 4.69) is 52.9 Å². The van der Waals surface area contributed by atoms with Gasteiger partial charge in [0.05, 0.1) is 34.1 Å². The van der Waals surface area contributed by atoms with E-state index in [0.717, 1.165) is 67.7 Å². The Hall–Kier alpha value is -3.04. The minimum Gasteiger partial charge on any atom is -0.383 e. The van der Waals surface area contributed by atoms with Crippen LogP contribution in [0.2, 0.25) is 25.7 Å². The fourth-order valence-electron chi connectivity index (χ4n) is 8.53. The lowest BCUT2D eigenvalue weighted by molar-refractivity contribution is -0.161. The number of anilines is 1. The van der Waals surface area contributed by atoms with E-state index in [4.69, 9.17) is 24.9 Å². The lowest BCUT2D eigenvalue weighted by atomic mass is 9.72. The Bertz CT molecular complexity index is 1880. The Morgan fingerprint density at radius 2 is 1.79 bits per heavy atom. The van der Waals surface area contributed by atoms with Gasteiger partial charge in [0.1, 0.15) is 36.5 Å². The molecule has 52 heavy (non-hydrogen) atoms. The average molecular weight is 742 g/mol. The Labute approximate surface area is 305 Å². The maximum Gasteiger partial charge on any atom is 0.416 e. The number of nitrogens with zero attached hydrogens (tertiary/aromatic N) is 6. The molecular weight excluding hydrogens is 688 g/mol. The van der Waals surface area contributed by atoms with Crippen LogP contribution < -0.4 is 5.73 Å². The third-order valence-electron chi connectivity index (χ3n) is 11.3. The summed E-state index contributed by atoms with van der Waals surface area (Å²) in [5, 5.41) is 0.847. The normalized spacial score (nSPS) is 26.2. The quantitative estimate of drug-likeness (QED) is 0.110. The lowest BCUT2D eigenvalue weighted by Crippen LogP contribution is -2.44. The summed E-state index contributed by atoms with van der Waals surface area (Å²) < 4.78 is 64.1. The van der Waals surface area contributed by atoms with Crippen molar-refractivity contribution in [1.82, 2.24) is 29.0 Å². The topological polar surface area (TPSA) is 105 Å². The molecular formula is C38H54F3N7O3Si. The average Bonchev–Trinajstić information content (AvgIpc) is 3.77. The molecule has 10 nitrogen and oxygen atoms in total. The van der Waals surface area contributed by atoms with Gasteiger partial charge < -0.3 is 34.0 Å². The van der Waals surface area contributed by atoms with Crippen molar-refractivity contribution in [2.24, 2.45) is 17.8 Å². The molecule has 1 aliphatic heterocycles. The van der Waals surface area contributed by atoms with Crippen molar-refractivity contribution in [2.45, 2.75) is 122 Å².